The molecule has 19 heavy (non-hydrogen) atoms. The molecule has 1 aromatic heterocycles. The molecule has 4 nitrogen and oxygen atoms in total. The highest BCUT2D eigenvalue weighted by Gasteiger charge is 2.17. The number of aromatic amines is 1. The summed E-state index contributed by atoms with van der Waals surface area (Å²) >= 11 is 0. The van der Waals surface area contributed by atoms with Crippen molar-refractivity contribution in [2.45, 2.75) is 32.2 Å². The molecule has 0 saturated heterocycles. The van der Waals surface area contributed by atoms with Crippen LogP contribution in [0.25, 0.3) is 10.9 Å². The number of rotatable bonds is 4. The lowest BCUT2D eigenvalue weighted by molar-refractivity contribution is -0.142. The molecule has 0 aliphatic rings. The fourth-order valence-electron chi connectivity index (χ4n) is 2.36. The molecular formula is C15H20N2O2. The first-order valence-corrected chi connectivity index (χ1v) is 6.47. The lowest BCUT2D eigenvalue weighted by Crippen LogP contribution is -2.33. The number of nitrogens with two attached hydrogens (primary N) is 1. The number of methoxy groups -OCH3 is 1. The molecule has 1 aromatic carbocycles. The number of aromatic nitrogens is 1. The summed E-state index contributed by atoms with van der Waals surface area (Å²) in [6.07, 6.45) is 2.41. The van der Waals surface area contributed by atoms with Gasteiger partial charge in [-0.1, -0.05) is 32.0 Å². The molecule has 0 saturated carbocycles. The van der Waals surface area contributed by atoms with Gasteiger partial charge >= 0.3 is 5.97 Å². The van der Waals surface area contributed by atoms with Gasteiger partial charge in [-0.15, -0.1) is 0 Å². The van der Waals surface area contributed by atoms with E-state index in [4.69, 9.17) is 5.73 Å². The number of esters is 1. The van der Waals surface area contributed by atoms with Gasteiger partial charge in [0.15, 0.2) is 0 Å². The van der Waals surface area contributed by atoms with E-state index in [1.54, 1.807) is 0 Å². The highest BCUT2D eigenvalue weighted by Crippen LogP contribution is 2.27. The average Bonchev–Trinajstić information content (AvgIpc) is 2.80. The number of carbonyl (C=O) groups excluding carboxylic acids is 1. The fourth-order valence-corrected chi connectivity index (χ4v) is 2.36. The molecule has 0 aliphatic carbocycles. The molecule has 1 heterocycles. The topological polar surface area (TPSA) is 68.1 Å². The number of carbonyl (C=O) groups is 1. The first kappa shape index (κ1) is 13.6. The quantitative estimate of drug-likeness (QED) is 0.829. The maximum atomic E-state index is 11.4. The highest BCUT2D eigenvalue weighted by molar-refractivity contribution is 5.87. The minimum absolute atomic E-state index is 0.380. The van der Waals surface area contributed by atoms with E-state index < -0.39 is 6.04 Å². The van der Waals surface area contributed by atoms with Crippen molar-refractivity contribution in [1.82, 2.24) is 4.98 Å². The lowest BCUT2D eigenvalue weighted by Gasteiger charge is -2.09. The number of fused-ring (bicyclic) bond motifs is 1. The lowest BCUT2D eigenvalue weighted by atomic mass is 9.98. The monoisotopic (exact) mass is 260 g/mol. The van der Waals surface area contributed by atoms with Gasteiger partial charge in [0, 0.05) is 23.5 Å². The van der Waals surface area contributed by atoms with Crippen LogP contribution in [0.2, 0.25) is 0 Å². The molecule has 4 heteroatoms. The van der Waals surface area contributed by atoms with Crippen LogP contribution in [-0.4, -0.2) is 24.1 Å². The van der Waals surface area contributed by atoms with Crippen molar-refractivity contribution < 1.29 is 9.53 Å². The van der Waals surface area contributed by atoms with Crippen LogP contribution in [0.1, 0.15) is 30.9 Å². The van der Waals surface area contributed by atoms with E-state index in [0.29, 0.717) is 12.3 Å². The Kier molecular flexibility index (Phi) is 3.90. The van der Waals surface area contributed by atoms with E-state index in [-0.39, 0.29) is 5.97 Å². The molecule has 2 aromatic rings. The summed E-state index contributed by atoms with van der Waals surface area (Å²) in [5.41, 5.74) is 9.27. The minimum Gasteiger partial charge on any atom is -0.468 e. The second-order valence-corrected chi connectivity index (χ2v) is 5.07. The van der Waals surface area contributed by atoms with E-state index in [2.05, 4.69) is 35.7 Å². The van der Waals surface area contributed by atoms with Gasteiger partial charge in [0.25, 0.3) is 0 Å². The Balaban J connectivity index is 2.36. The zero-order valence-corrected chi connectivity index (χ0v) is 11.6. The van der Waals surface area contributed by atoms with Crippen LogP contribution in [0.15, 0.2) is 24.4 Å². The van der Waals surface area contributed by atoms with Crippen LogP contribution < -0.4 is 5.73 Å². The maximum Gasteiger partial charge on any atom is 0.322 e. The van der Waals surface area contributed by atoms with Crippen LogP contribution in [0, 0.1) is 0 Å². The Morgan fingerprint density at radius 1 is 1.42 bits per heavy atom. The third kappa shape index (κ3) is 2.63. The summed E-state index contributed by atoms with van der Waals surface area (Å²) in [6.45, 7) is 4.32. The molecule has 0 radical (unpaired) electrons. The number of hydrogen-bond donors (Lipinski definition) is 2. The Labute approximate surface area is 112 Å². The van der Waals surface area contributed by atoms with Crippen LogP contribution in [0.4, 0.5) is 0 Å². The Morgan fingerprint density at radius 3 is 2.79 bits per heavy atom. The molecule has 1 atom stereocenters. The second kappa shape index (κ2) is 5.45. The van der Waals surface area contributed by atoms with Gasteiger partial charge in [-0.05, 0) is 17.0 Å². The first-order chi connectivity index (χ1) is 9.04. The number of ether oxygens (including phenoxy) is 1. The van der Waals surface area contributed by atoms with Gasteiger partial charge < -0.3 is 15.5 Å². The zero-order chi connectivity index (χ0) is 14.0. The smallest absolute Gasteiger partial charge is 0.322 e. The molecule has 0 aliphatic heterocycles. The van der Waals surface area contributed by atoms with E-state index in [1.807, 2.05) is 12.3 Å². The largest absolute Gasteiger partial charge is 0.468 e. The number of nitrogens with one attached hydrogen (secondary N) is 1. The average molecular weight is 260 g/mol. The zero-order valence-electron chi connectivity index (χ0n) is 11.6. The number of H-pyrrole nitrogens is 1. The van der Waals surface area contributed by atoms with Crippen molar-refractivity contribution in [3.05, 3.63) is 35.5 Å². The summed E-state index contributed by atoms with van der Waals surface area (Å²) in [6, 6.07) is 5.59. The van der Waals surface area contributed by atoms with Gasteiger partial charge in [-0.25, -0.2) is 0 Å². The minimum atomic E-state index is -0.619. The number of benzene rings is 1. The molecule has 0 spiro atoms. The molecule has 3 N–H and O–H groups in total. The van der Waals surface area contributed by atoms with Crippen molar-refractivity contribution in [1.29, 1.82) is 0 Å². The number of para-hydroxylation sites is 1. The summed E-state index contributed by atoms with van der Waals surface area (Å²) in [4.78, 5) is 14.7. The van der Waals surface area contributed by atoms with Crippen LogP contribution >= 0.6 is 0 Å². The molecular weight excluding hydrogens is 240 g/mol. The summed E-state index contributed by atoms with van der Waals surface area (Å²) in [5, 5.41) is 1.13. The van der Waals surface area contributed by atoms with Crippen LogP contribution in [-0.2, 0) is 16.0 Å². The third-order valence-electron chi connectivity index (χ3n) is 3.40. The summed E-state index contributed by atoms with van der Waals surface area (Å²) in [5.74, 6) is 0.0684. The molecule has 0 bridgehead atoms. The van der Waals surface area contributed by atoms with Crippen LogP contribution in [0.3, 0.4) is 0 Å². The highest BCUT2D eigenvalue weighted by atomic mass is 16.5. The molecule has 0 amide bonds. The fraction of sp³-hybridized carbons (Fsp3) is 0.400. The summed E-state index contributed by atoms with van der Waals surface area (Å²) < 4.78 is 4.66. The number of hydrogen-bond acceptors (Lipinski definition) is 3. The first-order valence-electron chi connectivity index (χ1n) is 6.47. The van der Waals surface area contributed by atoms with E-state index in [9.17, 15) is 4.79 Å². The molecule has 2 rings (SSSR count). The van der Waals surface area contributed by atoms with Crippen LogP contribution in [0.5, 0.6) is 0 Å². The summed E-state index contributed by atoms with van der Waals surface area (Å²) in [7, 11) is 1.36. The normalized spacial score (nSPS) is 12.9. The molecule has 0 fully saturated rings. The third-order valence-corrected chi connectivity index (χ3v) is 3.40. The van der Waals surface area contributed by atoms with E-state index in [1.165, 1.54) is 12.7 Å². The second-order valence-electron chi connectivity index (χ2n) is 5.07. The van der Waals surface area contributed by atoms with Gasteiger partial charge in [0.05, 0.1) is 7.11 Å². The van der Waals surface area contributed by atoms with E-state index >= 15 is 0 Å². The standard InChI is InChI=1S/C15H20N2O2/c1-9(2)11-5-4-6-12-10(8-17-14(11)12)7-13(16)15(18)19-3/h4-6,8-9,13,17H,7,16H2,1-3H3/t13-/m0/s1. The van der Waals surface area contributed by atoms with Crippen molar-refractivity contribution in [3.63, 3.8) is 0 Å². The maximum absolute atomic E-state index is 11.4. The molecule has 102 valence electrons. The van der Waals surface area contributed by atoms with Gasteiger partial charge in [-0.3, -0.25) is 4.79 Å². The van der Waals surface area contributed by atoms with Gasteiger partial charge in [0.1, 0.15) is 6.04 Å². The molecule has 0 unspecified atom stereocenters. The van der Waals surface area contributed by atoms with Crippen molar-refractivity contribution in [2.75, 3.05) is 7.11 Å². The predicted molar refractivity (Wildman–Crippen MR) is 76.1 cm³/mol. The predicted octanol–water partition coefficient (Wildman–Crippen LogP) is 2.33. The van der Waals surface area contributed by atoms with E-state index in [0.717, 1.165) is 16.5 Å². The van der Waals surface area contributed by atoms with Crippen molar-refractivity contribution in [2.24, 2.45) is 5.73 Å². The Morgan fingerprint density at radius 2 is 2.16 bits per heavy atom. The Hall–Kier alpha value is -1.81. The van der Waals surface area contributed by atoms with Crippen molar-refractivity contribution in [3.8, 4) is 0 Å². The SMILES string of the molecule is COC(=O)[C@@H](N)Cc1c[nH]c2c(C(C)C)cccc12. The Bertz CT molecular complexity index is 587. The van der Waals surface area contributed by atoms with Gasteiger partial charge in [0.2, 0.25) is 0 Å². The van der Waals surface area contributed by atoms with Gasteiger partial charge in [-0.2, -0.15) is 0 Å². The van der Waals surface area contributed by atoms with Crippen molar-refractivity contribution >= 4 is 16.9 Å².